The van der Waals surface area contributed by atoms with Crippen LogP contribution in [0.1, 0.15) is 36.0 Å². The summed E-state index contributed by atoms with van der Waals surface area (Å²) >= 11 is 0. The molecule has 132 valence electrons. The van der Waals surface area contributed by atoms with Gasteiger partial charge in [0.15, 0.2) is 0 Å². The molecule has 0 aromatic heterocycles. The first-order valence-electron chi connectivity index (χ1n) is 8.69. The molecule has 0 bridgehead atoms. The molecule has 1 aromatic carbocycles. The third-order valence-electron chi connectivity index (χ3n) is 4.98. The van der Waals surface area contributed by atoms with Crippen LogP contribution in [-0.2, 0) is 4.74 Å². The number of ether oxygens (including phenoxy) is 2. The van der Waals surface area contributed by atoms with Crippen LogP contribution in [0, 0.1) is 0 Å². The van der Waals surface area contributed by atoms with Gasteiger partial charge in [-0.2, -0.15) is 0 Å². The Morgan fingerprint density at radius 2 is 2.21 bits per heavy atom. The van der Waals surface area contributed by atoms with Crippen molar-refractivity contribution in [2.24, 2.45) is 5.73 Å². The number of nitrogens with zero attached hydrogens (tertiary/aromatic N) is 1. The minimum atomic E-state index is -0.457. The Kier molecular flexibility index (Phi) is 5.38. The smallest absolute Gasteiger partial charge is 0.253 e. The molecule has 6 heteroatoms. The topological polar surface area (TPSA) is 85.0 Å². The zero-order valence-corrected chi connectivity index (χ0v) is 13.9. The Morgan fingerprint density at radius 3 is 2.92 bits per heavy atom. The highest BCUT2D eigenvalue weighted by molar-refractivity contribution is 5.94. The minimum absolute atomic E-state index is 0.00616. The number of carbonyl (C=O) groups excluding carboxylic acids is 1. The van der Waals surface area contributed by atoms with Crippen molar-refractivity contribution in [2.45, 2.75) is 37.4 Å². The van der Waals surface area contributed by atoms with Crippen LogP contribution in [0.5, 0.6) is 5.75 Å². The molecule has 3 N–H and O–H groups in total. The first kappa shape index (κ1) is 17.2. The van der Waals surface area contributed by atoms with Gasteiger partial charge in [0.2, 0.25) is 0 Å². The summed E-state index contributed by atoms with van der Waals surface area (Å²) < 4.78 is 11.4. The van der Waals surface area contributed by atoms with Crippen LogP contribution < -0.4 is 10.5 Å². The van der Waals surface area contributed by atoms with Crippen LogP contribution in [-0.4, -0.2) is 60.5 Å². The molecule has 1 spiro atoms. The van der Waals surface area contributed by atoms with E-state index in [-0.39, 0.29) is 5.91 Å². The average Bonchev–Trinajstić information content (AvgIpc) is 2.63. The van der Waals surface area contributed by atoms with Crippen LogP contribution in [0.25, 0.3) is 0 Å². The molecule has 0 radical (unpaired) electrons. The number of piperidine rings is 1. The molecule has 1 aromatic rings. The van der Waals surface area contributed by atoms with Gasteiger partial charge >= 0.3 is 0 Å². The zero-order chi connectivity index (χ0) is 17.0. The van der Waals surface area contributed by atoms with Crippen LogP contribution in [0.2, 0.25) is 0 Å². The standard InChI is InChI=1S/C18H26N2O4/c19-8-12-23-15-4-1-3-14(13-15)17(22)20-9-6-18(7-10-20)16(21)5-2-11-24-18/h1,3-4,13,16,21H,2,5-12,19H2/t16-/m1/s1. The van der Waals surface area contributed by atoms with E-state index < -0.39 is 11.7 Å². The molecule has 1 amide bonds. The second-order valence-corrected chi connectivity index (χ2v) is 6.53. The molecule has 2 aliphatic rings. The number of likely N-dealkylation sites (tertiary alicyclic amines) is 1. The average molecular weight is 334 g/mol. The van der Waals surface area contributed by atoms with Crippen molar-refractivity contribution in [1.29, 1.82) is 0 Å². The van der Waals surface area contributed by atoms with Crippen molar-refractivity contribution < 1.29 is 19.4 Å². The highest BCUT2D eigenvalue weighted by Crippen LogP contribution is 2.35. The Morgan fingerprint density at radius 1 is 1.42 bits per heavy atom. The van der Waals surface area contributed by atoms with Gasteiger partial charge in [0.05, 0.1) is 11.7 Å². The molecule has 6 nitrogen and oxygen atoms in total. The summed E-state index contributed by atoms with van der Waals surface area (Å²) in [6.45, 7) is 2.77. The van der Waals surface area contributed by atoms with Crippen molar-refractivity contribution in [3.05, 3.63) is 29.8 Å². The molecular weight excluding hydrogens is 308 g/mol. The molecule has 0 unspecified atom stereocenters. The molecular formula is C18H26N2O4. The number of nitrogens with two attached hydrogens (primary N) is 1. The number of carbonyl (C=O) groups is 1. The lowest BCUT2D eigenvalue weighted by molar-refractivity contribution is -0.174. The Balaban J connectivity index is 1.63. The Hall–Kier alpha value is -1.63. The highest BCUT2D eigenvalue weighted by atomic mass is 16.5. The van der Waals surface area contributed by atoms with Crippen LogP contribution in [0.4, 0.5) is 0 Å². The van der Waals surface area contributed by atoms with E-state index in [4.69, 9.17) is 15.2 Å². The van der Waals surface area contributed by atoms with Gasteiger partial charge in [-0.25, -0.2) is 0 Å². The van der Waals surface area contributed by atoms with Crippen molar-refractivity contribution in [1.82, 2.24) is 4.90 Å². The van der Waals surface area contributed by atoms with Crippen LogP contribution >= 0.6 is 0 Å². The summed E-state index contributed by atoms with van der Waals surface area (Å²) in [7, 11) is 0. The van der Waals surface area contributed by atoms with E-state index in [1.807, 2.05) is 17.0 Å². The number of aliphatic hydroxyl groups is 1. The van der Waals surface area contributed by atoms with Crippen molar-refractivity contribution in [3.8, 4) is 5.75 Å². The van der Waals surface area contributed by atoms with Gasteiger partial charge in [-0.1, -0.05) is 6.07 Å². The molecule has 24 heavy (non-hydrogen) atoms. The molecule has 2 fully saturated rings. The Labute approximate surface area is 142 Å². The highest BCUT2D eigenvalue weighted by Gasteiger charge is 2.44. The van der Waals surface area contributed by atoms with Gasteiger partial charge in [0.1, 0.15) is 12.4 Å². The van der Waals surface area contributed by atoms with Gasteiger partial charge in [-0.3, -0.25) is 4.79 Å². The summed E-state index contributed by atoms with van der Waals surface area (Å²) in [5.74, 6) is 0.652. The van der Waals surface area contributed by atoms with E-state index >= 15 is 0 Å². The monoisotopic (exact) mass is 334 g/mol. The summed E-state index contributed by atoms with van der Waals surface area (Å²) in [5, 5.41) is 10.3. The molecule has 3 rings (SSSR count). The second kappa shape index (κ2) is 7.51. The first-order valence-corrected chi connectivity index (χ1v) is 8.69. The lowest BCUT2D eigenvalue weighted by Gasteiger charge is -2.46. The fraction of sp³-hybridized carbons (Fsp3) is 0.611. The maximum absolute atomic E-state index is 12.7. The van der Waals surface area contributed by atoms with Gasteiger partial charge < -0.3 is 25.2 Å². The fourth-order valence-corrected chi connectivity index (χ4v) is 3.56. The van der Waals surface area contributed by atoms with Crippen molar-refractivity contribution in [2.75, 3.05) is 32.8 Å². The number of hydrogen-bond donors (Lipinski definition) is 2. The third-order valence-corrected chi connectivity index (χ3v) is 4.98. The molecule has 0 aliphatic carbocycles. The number of hydrogen-bond acceptors (Lipinski definition) is 5. The Bertz CT molecular complexity index is 570. The maximum atomic E-state index is 12.7. The largest absolute Gasteiger partial charge is 0.492 e. The van der Waals surface area contributed by atoms with Gasteiger partial charge in [-0.15, -0.1) is 0 Å². The number of aliphatic hydroxyl groups excluding tert-OH is 1. The second-order valence-electron chi connectivity index (χ2n) is 6.53. The lowest BCUT2D eigenvalue weighted by Crippen LogP contribution is -2.56. The van der Waals surface area contributed by atoms with Gasteiger partial charge in [-0.05, 0) is 43.9 Å². The molecule has 2 saturated heterocycles. The molecule has 1 atom stereocenters. The predicted molar refractivity (Wildman–Crippen MR) is 90.1 cm³/mol. The third kappa shape index (κ3) is 3.55. The number of amides is 1. The zero-order valence-electron chi connectivity index (χ0n) is 13.9. The predicted octanol–water partition coefficient (Wildman–Crippen LogP) is 1.17. The summed E-state index contributed by atoms with van der Waals surface area (Å²) in [4.78, 5) is 14.6. The lowest BCUT2D eigenvalue weighted by atomic mass is 9.82. The SMILES string of the molecule is NCCOc1cccc(C(=O)N2CCC3(CC2)OCCC[C@H]3O)c1. The van der Waals surface area contributed by atoms with Crippen molar-refractivity contribution in [3.63, 3.8) is 0 Å². The van der Waals surface area contributed by atoms with Gasteiger partial charge in [0, 0.05) is 31.8 Å². The van der Waals surface area contributed by atoms with E-state index in [0.717, 1.165) is 12.8 Å². The van der Waals surface area contributed by atoms with E-state index in [2.05, 4.69) is 0 Å². The molecule has 2 aliphatic heterocycles. The fourth-order valence-electron chi connectivity index (χ4n) is 3.56. The van der Waals surface area contributed by atoms with Gasteiger partial charge in [0.25, 0.3) is 5.91 Å². The van der Waals surface area contributed by atoms with E-state index in [1.165, 1.54) is 0 Å². The summed E-state index contributed by atoms with van der Waals surface area (Å²) in [5.41, 5.74) is 5.60. The molecule has 0 saturated carbocycles. The quantitative estimate of drug-likeness (QED) is 0.863. The summed E-state index contributed by atoms with van der Waals surface area (Å²) in [6.07, 6.45) is 2.64. The molecule has 2 heterocycles. The van der Waals surface area contributed by atoms with Crippen molar-refractivity contribution >= 4 is 5.91 Å². The maximum Gasteiger partial charge on any atom is 0.253 e. The van der Waals surface area contributed by atoms with Crippen LogP contribution in [0.3, 0.4) is 0 Å². The normalized spacial score (nSPS) is 23.2. The van der Waals surface area contributed by atoms with E-state index in [0.29, 0.717) is 57.0 Å². The van der Waals surface area contributed by atoms with E-state index in [1.54, 1.807) is 12.1 Å². The van der Waals surface area contributed by atoms with E-state index in [9.17, 15) is 9.90 Å². The number of benzene rings is 1. The minimum Gasteiger partial charge on any atom is -0.492 e. The van der Waals surface area contributed by atoms with Crippen LogP contribution in [0.15, 0.2) is 24.3 Å². The first-order chi connectivity index (χ1) is 11.6. The number of rotatable bonds is 4. The summed E-state index contributed by atoms with van der Waals surface area (Å²) in [6, 6.07) is 7.20.